The van der Waals surface area contributed by atoms with Crippen LogP contribution in [0.4, 0.5) is 4.39 Å². The minimum absolute atomic E-state index is 0.0295. The van der Waals surface area contributed by atoms with Crippen molar-refractivity contribution in [1.29, 1.82) is 0 Å². The van der Waals surface area contributed by atoms with Gasteiger partial charge in [-0.3, -0.25) is 4.79 Å². The number of nitrogens with zero attached hydrogens (tertiary/aromatic N) is 3. The Kier molecular flexibility index (Phi) is 1.91. The number of halogens is 1. The average Bonchev–Trinajstić information content (AvgIpc) is 2.76. The first-order chi connectivity index (χ1) is 9.16. The van der Waals surface area contributed by atoms with Crippen LogP contribution in [-0.4, -0.2) is 25.8 Å². The fraction of sp³-hybridized carbons (Fsp3) is 0.308. The normalized spacial score (nSPS) is 26.9. The summed E-state index contributed by atoms with van der Waals surface area (Å²) in [6.45, 7) is 0. The van der Waals surface area contributed by atoms with Gasteiger partial charge in [0.1, 0.15) is 5.82 Å². The van der Waals surface area contributed by atoms with Crippen molar-refractivity contribution < 1.29 is 14.3 Å². The van der Waals surface area contributed by atoms with Gasteiger partial charge in [0.15, 0.2) is 5.82 Å². The van der Waals surface area contributed by atoms with Crippen molar-refractivity contribution in [3.63, 3.8) is 0 Å². The summed E-state index contributed by atoms with van der Waals surface area (Å²) in [5.41, 5.74) is 2.01. The van der Waals surface area contributed by atoms with Crippen LogP contribution in [0.5, 0.6) is 0 Å². The molecule has 0 amide bonds. The summed E-state index contributed by atoms with van der Waals surface area (Å²) >= 11 is 0. The van der Waals surface area contributed by atoms with Gasteiger partial charge in [-0.05, 0) is 30.0 Å². The Labute approximate surface area is 107 Å². The number of fused-ring (bicyclic) bond motifs is 3. The second kappa shape index (κ2) is 3.40. The lowest BCUT2D eigenvalue weighted by Crippen LogP contribution is -2.08. The zero-order valence-electron chi connectivity index (χ0n) is 9.82. The third kappa shape index (κ3) is 1.36. The summed E-state index contributed by atoms with van der Waals surface area (Å²) in [7, 11) is 0. The molecule has 0 aromatic carbocycles. The lowest BCUT2D eigenvalue weighted by atomic mass is 10.1. The van der Waals surface area contributed by atoms with Crippen LogP contribution in [0, 0.1) is 17.7 Å². The van der Waals surface area contributed by atoms with E-state index in [-0.39, 0.29) is 17.8 Å². The Balaban J connectivity index is 1.77. The minimum Gasteiger partial charge on any atom is -0.481 e. The van der Waals surface area contributed by atoms with E-state index < -0.39 is 11.8 Å². The van der Waals surface area contributed by atoms with Gasteiger partial charge in [0.2, 0.25) is 0 Å². The van der Waals surface area contributed by atoms with Crippen LogP contribution in [0.15, 0.2) is 24.5 Å². The van der Waals surface area contributed by atoms with E-state index in [0.717, 1.165) is 23.9 Å². The number of aromatic nitrogens is 3. The molecule has 2 heterocycles. The fourth-order valence-corrected chi connectivity index (χ4v) is 3.17. The maximum Gasteiger partial charge on any atom is 0.307 e. The van der Waals surface area contributed by atoms with E-state index in [1.165, 1.54) is 6.07 Å². The van der Waals surface area contributed by atoms with E-state index >= 15 is 0 Å². The van der Waals surface area contributed by atoms with Gasteiger partial charge in [-0.25, -0.2) is 14.1 Å². The molecule has 4 rings (SSSR count). The SMILES string of the molecule is O=C(O)C1[C@@H]2Cc3cnn(-c4ccc(F)cn4)c3[C@@H]12. The predicted molar refractivity (Wildman–Crippen MR) is 62.4 cm³/mol. The molecule has 0 radical (unpaired) electrons. The molecule has 96 valence electrons. The van der Waals surface area contributed by atoms with Gasteiger partial charge >= 0.3 is 5.97 Å². The van der Waals surface area contributed by atoms with Gasteiger partial charge in [0, 0.05) is 5.92 Å². The van der Waals surface area contributed by atoms with E-state index in [4.69, 9.17) is 5.11 Å². The molecule has 3 atom stereocenters. The summed E-state index contributed by atoms with van der Waals surface area (Å²) in [6, 6.07) is 2.87. The van der Waals surface area contributed by atoms with Crippen molar-refractivity contribution >= 4 is 5.97 Å². The smallest absolute Gasteiger partial charge is 0.307 e. The molecule has 2 aliphatic rings. The van der Waals surface area contributed by atoms with Gasteiger partial charge in [0.05, 0.1) is 24.0 Å². The third-order valence-electron chi connectivity index (χ3n) is 4.04. The molecule has 0 aliphatic heterocycles. The summed E-state index contributed by atoms with van der Waals surface area (Å²) < 4.78 is 14.5. The summed E-state index contributed by atoms with van der Waals surface area (Å²) in [6.07, 6.45) is 3.65. The van der Waals surface area contributed by atoms with Crippen LogP contribution >= 0.6 is 0 Å². The van der Waals surface area contributed by atoms with Crippen LogP contribution in [0.2, 0.25) is 0 Å². The average molecular weight is 259 g/mol. The largest absolute Gasteiger partial charge is 0.481 e. The lowest BCUT2D eigenvalue weighted by molar-refractivity contribution is -0.139. The van der Waals surface area contributed by atoms with Gasteiger partial charge in [0.25, 0.3) is 0 Å². The van der Waals surface area contributed by atoms with Gasteiger partial charge in [-0.15, -0.1) is 0 Å². The quantitative estimate of drug-likeness (QED) is 0.884. The van der Waals surface area contributed by atoms with Gasteiger partial charge in [-0.2, -0.15) is 5.10 Å². The Bertz CT molecular complexity index is 680. The van der Waals surface area contributed by atoms with Crippen molar-refractivity contribution in [3.8, 4) is 5.82 Å². The third-order valence-corrected chi connectivity index (χ3v) is 4.04. The van der Waals surface area contributed by atoms with Crippen LogP contribution in [0.25, 0.3) is 5.82 Å². The fourth-order valence-electron chi connectivity index (χ4n) is 3.17. The molecular weight excluding hydrogens is 249 g/mol. The van der Waals surface area contributed by atoms with E-state index in [1.54, 1.807) is 16.9 Å². The molecule has 5 nitrogen and oxygen atoms in total. The molecule has 0 bridgehead atoms. The Hall–Kier alpha value is -2.24. The molecular formula is C13H10FN3O2. The van der Waals surface area contributed by atoms with Crippen molar-refractivity contribution in [2.24, 2.45) is 11.8 Å². The highest BCUT2D eigenvalue weighted by molar-refractivity contribution is 5.77. The second-order valence-electron chi connectivity index (χ2n) is 5.06. The summed E-state index contributed by atoms with van der Waals surface area (Å²) in [5, 5.41) is 13.4. The van der Waals surface area contributed by atoms with Crippen molar-refractivity contribution in [1.82, 2.24) is 14.8 Å². The first-order valence-corrected chi connectivity index (χ1v) is 6.08. The van der Waals surface area contributed by atoms with Crippen LogP contribution in [0.1, 0.15) is 17.2 Å². The van der Waals surface area contributed by atoms with Crippen molar-refractivity contribution in [2.75, 3.05) is 0 Å². The first-order valence-electron chi connectivity index (χ1n) is 6.08. The first kappa shape index (κ1) is 10.7. The minimum atomic E-state index is -0.750. The molecule has 2 aromatic heterocycles. The maximum atomic E-state index is 12.9. The summed E-state index contributed by atoms with van der Waals surface area (Å²) in [4.78, 5) is 15.1. The molecule has 0 spiro atoms. The molecule has 1 fully saturated rings. The Morgan fingerprint density at radius 1 is 1.42 bits per heavy atom. The zero-order chi connectivity index (χ0) is 13.1. The topological polar surface area (TPSA) is 68.0 Å². The number of hydrogen-bond donors (Lipinski definition) is 1. The number of aliphatic carboxylic acids is 1. The molecule has 2 aromatic rings. The maximum absolute atomic E-state index is 12.9. The highest BCUT2D eigenvalue weighted by Crippen LogP contribution is 2.61. The molecule has 6 heteroatoms. The number of rotatable bonds is 2. The molecule has 1 saturated carbocycles. The number of carboxylic acids is 1. The number of carbonyl (C=O) groups is 1. The summed E-state index contributed by atoms with van der Waals surface area (Å²) in [5.74, 6) is -0.706. The van der Waals surface area contributed by atoms with Gasteiger partial charge in [-0.1, -0.05) is 0 Å². The van der Waals surface area contributed by atoms with Crippen LogP contribution < -0.4 is 0 Å². The number of hydrogen-bond acceptors (Lipinski definition) is 3. The molecule has 1 unspecified atom stereocenters. The van der Waals surface area contributed by atoms with E-state index in [2.05, 4.69) is 10.1 Å². The van der Waals surface area contributed by atoms with Gasteiger partial charge < -0.3 is 5.11 Å². The standard InChI is InChI=1S/C13H10FN3O2/c14-7-1-2-9(15-5-7)17-12-6(4-16-17)3-8-10(12)11(8)13(18)19/h1-2,4-5,8,10-11H,3H2,(H,18,19)/t8-,10-,11?/m1/s1. The molecule has 2 aliphatic carbocycles. The number of pyridine rings is 1. The van der Waals surface area contributed by atoms with Crippen LogP contribution in [-0.2, 0) is 11.2 Å². The van der Waals surface area contributed by atoms with Crippen molar-refractivity contribution in [2.45, 2.75) is 12.3 Å². The molecule has 19 heavy (non-hydrogen) atoms. The number of carboxylic acid groups (broad SMARTS) is 1. The van der Waals surface area contributed by atoms with E-state index in [9.17, 15) is 9.18 Å². The lowest BCUT2D eigenvalue weighted by Gasteiger charge is -2.06. The predicted octanol–water partition coefficient (Wildman–Crippen LogP) is 1.38. The van der Waals surface area contributed by atoms with E-state index in [0.29, 0.717) is 5.82 Å². The highest BCUT2D eigenvalue weighted by Gasteiger charge is 2.61. The Morgan fingerprint density at radius 2 is 2.26 bits per heavy atom. The highest BCUT2D eigenvalue weighted by atomic mass is 19.1. The monoisotopic (exact) mass is 259 g/mol. The van der Waals surface area contributed by atoms with Crippen LogP contribution in [0.3, 0.4) is 0 Å². The zero-order valence-corrected chi connectivity index (χ0v) is 9.82. The van der Waals surface area contributed by atoms with E-state index in [1.807, 2.05) is 0 Å². The molecule has 1 N–H and O–H groups in total. The second-order valence-corrected chi connectivity index (χ2v) is 5.06. The van der Waals surface area contributed by atoms with Crippen molar-refractivity contribution in [3.05, 3.63) is 41.6 Å². The Morgan fingerprint density at radius 3 is 2.95 bits per heavy atom. The molecule has 0 saturated heterocycles.